The molecule has 5 nitrogen and oxygen atoms in total. The van der Waals surface area contributed by atoms with Gasteiger partial charge in [-0.2, -0.15) is 0 Å². The maximum Gasteiger partial charge on any atom is 0.274 e. The van der Waals surface area contributed by atoms with Gasteiger partial charge in [-0.3, -0.25) is 9.63 Å². The van der Waals surface area contributed by atoms with Gasteiger partial charge >= 0.3 is 0 Å². The maximum absolute atomic E-state index is 11.8. The zero-order chi connectivity index (χ0) is 12.8. The van der Waals surface area contributed by atoms with Gasteiger partial charge < -0.3 is 10.1 Å². The summed E-state index contributed by atoms with van der Waals surface area (Å²) < 4.78 is 5.03. The highest BCUT2D eigenvalue weighted by atomic mass is 16.7. The van der Waals surface area contributed by atoms with E-state index in [2.05, 4.69) is 10.8 Å². The lowest BCUT2D eigenvalue weighted by atomic mass is 10.1. The van der Waals surface area contributed by atoms with E-state index in [1.807, 2.05) is 0 Å². The second-order valence-electron chi connectivity index (χ2n) is 4.25. The van der Waals surface area contributed by atoms with Crippen LogP contribution in [0, 0.1) is 0 Å². The third-order valence-corrected chi connectivity index (χ3v) is 2.92. The molecule has 1 unspecified atom stereocenters. The van der Waals surface area contributed by atoms with Crippen molar-refractivity contribution in [3.63, 3.8) is 0 Å². The minimum atomic E-state index is -0.233. The molecular weight excluding hydrogens is 232 g/mol. The summed E-state index contributed by atoms with van der Waals surface area (Å²) in [5.74, 6) is 0.493. The predicted octanol–water partition coefficient (Wildman–Crippen LogP) is 1.11. The normalized spacial score (nSPS) is 19.3. The first-order chi connectivity index (χ1) is 8.79. The van der Waals surface area contributed by atoms with Gasteiger partial charge in [0.25, 0.3) is 5.91 Å². The molecule has 1 aliphatic heterocycles. The minimum absolute atomic E-state index is 0.0564. The average Bonchev–Trinajstić information content (AvgIpc) is 2.46. The fraction of sp³-hybridized carbons (Fsp3) is 0.462. The molecule has 1 amide bonds. The first-order valence-corrected chi connectivity index (χ1v) is 6.10. The number of benzene rings is 1. The minimum Gasteiger partial charge on any atom is -0.497 e. The molecule has 1 atom stereocenters. The van der Waals surface area contributed by atoms with Crippen LogP contribution in [-0.4, -0.2) is 32.2 Å². The number of hydrogen-bond donors (Lipinski definition) is 2. The van der Waals surface area contributed by atoms with Gasteiger partial charge in [-0.15, -0.1) is 0 Å². The number of ether oxygens (including phenoxy) is 1. The zero-order valence-corrected chi connectivity index (χ0v) is 10.4. The van der Waals surface area contributed by atoms with E-state index in [1.165, 1.54) is 0 Å². The average molecular weight is 250 g/mol. The lowest BCUT2D eigenvalue weighted by Gasteiger charge is -2.22. The molecule has 0 radical (unpaired) electrons. The molecule has 1 aliphatic rings. The molecule has 1 heterocycles. The van der Waals surface area contributed by atoms with Crippen molar-refractivity contribution in [3.8, 4) is 5.75 Å². The number of methoxy groups -OCH3 is 1. The summed E-state index contributed by atoms with van der Waals surface area (Å²) in [5, 5.41) is 3.22. The first kappa shape index (κ1) is 12.9. The lowest BCUT2D eigenvalue weighted by Crippen LogP contribution is -2.40. The summed E-state index contributed by atoms with van der Waals surface area (Å²) in [6, 6.07) is 6.90. The topological polar surface area (TPSA) is 59.6 Å². The van der Waals surface area contributed by atoms with Crippen molar-refractivity contribution in [1.29, 1.82) is 0 Å². The van der Waals surface area contributed by atoms with Crippen LogP contribution in [-0.2, 0) is 4.84 Å². The van der Waals surface area contributed by atoms with Crippen molar-refractivity contribution in [3.05, 3.63) is 29.8 Å². The highest BCUT2D eigenvalue weighted by Gasteiger charge is 2.15. The number of piperidine rings is 1. The Morgan fingerprint density at radius 2 is 2.17 bits per heavy atom. The quantitative estimate of drug-likeness (QED) is 0.786. The van der Waals surface area contributed by atoms with E-state index in [0.717, 1.165) is 31.7 Å². The molecule has 0 aromatic heterocycles. The number of amides is 1. The van der Waals surface area contributed by atoms with E-state index < -0.39 is 0 Å². The summed E-state index contributed by atoms with van der Waals surface area (Å²) in [5.41, 5.74) is 3.04. The van der Waals surface area contributed by atoms with Crippen LogP contribution < -0.4 is 15.5 Å². The van der Waals surface area contributed by atoms with Crippen LogP contribution in [0.5, 0.6) is 5.75 Å². The summed E-state index contributed by atoms with van der Waals surface area (Å²) in [6.45, 7) is 1.80. The Bertz CT molecular complexity index is 386. The van der Waals surface area contributed by atoms with Crippen molar-refractivity contribution in [1.82, 2.24) is 10.8 Å². The van der Waals surface area contributed by atoms with Crippen molar-refractivity contribution in [2.45, 2.75) is 18.9 Å². The molecule has 2 rings (SSSR count). The summed E-state index contributed by atoms with van der Waals surface area (Å²) in [6.07, 6.45) is 2.10. The fourth-order valence-corrected chi connectivity index (χ4v) is 1.86. The number of nitrogens with one attached hydrogen (secondary N) is 2. The maximum atomic E-state index is 11.8. The summed E-state index contributed by atoms with van der Waals surface area (Å²) >= 11 is 0. The lowest BCUT2D eigenvalue weighted by molar-refractivity contribution is -0.0251. The Balaban J connectivity index is 1.82. The standard InChI is InChI=1S/C13H18N2O3/c1-17-11-6-4-10(5-7-11)13(16)15-18-12-3-2-8-14-9-12/h4-7,12,14H,2-3,8-9H2,1H3,(H,15,16). The van der Waals surface area contributed by atoms with Gasteiger partial charge in [0.1, 0.15) is 5.75 Å². The Morgan fingerprint density at radius 1 is 1.39 bits per heavy atom. The van der Waals surface area contributed by atoms with E-state index in [1.54, 1.807) is 31.4 Å². The van der Waals surface area contributed by atoms with Crippen molar-refractivity contribution >= 4 is 5.91 Å². The van der Waals surface area contributed by atoms with Crippen LogP contribution >= 0.6 is 0 Å². The van der Waals surface area contributed by atoms with Crippen molar-refractivity contribution in [2.75, 3.05) is 20.2 Å². The van der Waals surface area contributed by atoms with E-state index in [9.17, 15) is 4.79 Å². The van der Waals surface area contributed by atoms with Crippen LogP contribution in [0.25, 0.3) is 0 Å². The number of carbonyl (C=O) groups excluding carboxylic acids is 1. The second-order valence-corrected chi connectivity index (χ2v) is 4.25. The molecule has 2 N–H and O–H groups in total. The summed E-state index contributed by atoms with van der Waals surface area (Å²) in [7, 11) is 1.59. The molecule has 1 saturated heterocycles. The second kappa shape index (κ2) is 6.37. The summed E-state index contributed by atoms with van der Waals surface area (Å²) in [4.78, 5) is 17.2. The Kier molecular flexibility index (Phi) is 4.55. The van der Waals surface area contributed by atoms with E-state index in [0.29, 0.717) is 5.56 Å². The van der Waals surface area contributed by atoms with E-state index in [-0.39, 0.29) is 12.0 Å². The van der Waals surface area contributed by atoms with Gasteiger partial charge in [0.2, 0.25) is 0 Å². The SMILES string of the molecule is COc1ccc(C(=O)NOC2CCCNC2)cc1. The van der Waals surface area contributed by atoms with Crippen molar-refractivity contribution in [2.24, 2.45) is 0 Å². The van der Waals surface area contributed by atoms with Crippen LogP contribution in [0.15, 0.2) is 24.3 Å². The molecule has 0 bridgehead atoms. The van der Waals surface area contributed by atoms with E-state index in [4.69, 9.17) is 9.57 Å². The van der Waals surface area contributed by atoms with Gasteiger partial charge in [-0.05, 0) is 43.7 Å². The number of rotatable bonds is 4. The molecule has 1 aromatic carbocycles. The molecule has 1 aromatic rings. The molecule has 18 heavy (non-hydrogen) atoms. The van der Waals surface area contributed by atoms with Gasteiger partial charge in [-0.25, -0.2) is 5.48 Å². The van der Waals surface area contributed by atoms with Crippen LogP contribution in [0.1, 0.15) is 23.2 Å². The molecule has 5 heteroatoms. The van der Waals surface area contributed by atoms with Crippen molar-refractivity contribution < 1.29 is 14.4 Å². The molecule has 0 aliphatic carbocycles. The van der Waals surface area contributed by atoms with Gasteiger partial charge in [0, 0.05) is 12.1 Å². The largest absolute Gasteiger partial charge is 0.497 e. The van der Waals surface area contributed by atoms with Gasteiger partial charge in [0.15, 0.2) is 0 Å². The highest BCUT2D eigenvalue weighted by molar-refractivity contribution is 5.93. The molecule has 0 saturated carbocycles. The zero-order valence-electron chi connectivity index (χ0n) is 10.4. The Labute approximate surface area is 106 Å². The molecule has 1 fully saturated rings. The van der Waals surface area contributed by atoms with Crippen LogP contribution in [0.2, 0.25) is 0 Å². The van der Waals surface area contributed by atoms with Crippen LogP contribution in [0.3, 0.4) is 0 Å². The van der Waals surface area contributed by atoms with Crippen LogP contribution in [0.4, 0.5) is 0 Å². The number of hydroxylamine groups is 1. The van der Waals surface area contributed by atoms with Gasteiger partial charge in [-0.1, -0.05) is 0 Å². The predicted molar refractivity (Wildman–Crippen MR) is 67.4 cm³/mol. The molecular formula is C13H18N2O3. The smallest absolute Gasteiger partial charge is 0.274 e. The Morgan fingerprint density at radius 3 is 2.78 bits per heavy atom. The van der Waals surface area contributed by atoms with E-state index >= 15 is 0 Å². The Hall–Kier alpha value is -1.59. The molecule has 0 spiro atoms. The van der Waals surface area contributed by atoms with Gasteiger partial charge in [0.05, 0.1) is 13.2 Å². The third kappa shape index (κ3) is 3.45. The number of hydrogen-bond acceptors (Lipinski definition) is 4. The highest BCUT2D eigenvalue weighted by Crippen LogP contribution is 2.11. The molecule has 98 valence electrons. The third-order valence-electron chi connectivity index (χ3n) is 2.92. The fourth-order valence-electron chi connectivity index (χ4n) is 1.86. The number of carbonyl (C=O) groups is 1. The first-order valence-electron chi connectivity index (χ1n) is 6.10. The monoisotopic (exact) mass is 250 g/mol.